The van der Waals surface area contributed by atoms with Gasteiger partial charge in [-0.2, -0.15) is 0 Å². The van der Waals surface area contributed by atoms with Crippen molar-refractivity contribution in [1.82, 2.24) is 14.5 Å². The highest BCUT2D eigenvalue weighted by Crippen LogP contribution is 2.33. The van der Waals surface area contributed by atoms with E-state index in [0.717, 1.165) is 35.5 Å². The molecule has 0 unspecified atom stereocenters. The summed E-state index contributed by atoms with van der Waals surface area (Å²) in [5.41, 5.74) is 2.76. The Morgan fingerprint density at radius 3 is 2.67 bits per heavy atom. The molecular weight excluding hydrogens is 386 g/mol. The smallest absolute Gasteiger partial charge is 0.248 e. The number of nitrogens with zero attached hydrogens (tertiary/aromatic N) is 3. The number of aromatic nitrogens is 2. The van der Waals surface area contributed by atoms with Crippen molar-refractivity contribution in [2.45, 2.75) is 38.9 Å². The van der Waals surface area contributed by atoms with E-state index >= 15 is 0 Å². The Labute approximate surface area is 174 Å². The molecule has 1 amide bonds. The summed E-state index contributed by atoms with van der Waals surface area (Å²) in [7, 11) is 0. The number of fused-ring (bicyclic) bond motifs is 1. The van der Waals surface area contributed by atoms with Crippen LogP contribution in [0.15, 0.2) is 54.9 Å². The van der Waals surface area contributed by atoms with Crippen molar-refractivity contribution in [3.63, 3.8) is 0 Å². The minimum Gasteiger partial charge on any atom is -0.330 e. The first kappa shape index (κ1) is 20.2. The van der Waals surface area contributed by atoms with Gasteiger partial charge in [-0.1, -0.05) is 30.3 Å². The van der Waals surface area contributed by atoms with Gasteiger partial charge in [0.15, 0.2) is 0 Å². The number of rotatable bonds is 5. The van der Waals surface area contributed by atoms with Gasteiger partial charge in [-0.15, -0.1) is 0 Å². The molecule has 0 spiro atoms. The Morgan fingerprint density at radius 2 is 1.97 bits per heavy atom. The molecule has 0 saturated heterocycles. The van der Waals surface area contributed by atoms with Crippen LogP contribution in [0.25, 0.3) is 0 Å². The van der Waals surface area contributed by atoms with E-state index in [1.54, 1.807) is 6.33 Å². The Kier molecular flexibility index (Phi) is 5.63. The highest BCUT2D eigenvalue weighted by molar-refractivity contribution is 5.95. The third-order valence-electron chi connectivity index (χ3n) is 5.39. The van der Waals surface area contributed by atoms with E-state index in [4.69, 9.17) is 0 Å². The second-order valence-corrected chi connectivity index (χ2v) is 7.80. The van der Waals surface area contributed by atoms with Crippen LogP contribution in [-0.2, 0) is 17.8 Å². The molecule has 0 fully saturated rings. The summed E-state index contributed by atoms with van der Waals surface area (Å²) in [6, 6.07) is 12.5. The number of nitrogens with one attached hydrogen (secondary N) is 1. The molecule has 2 heterocycles. The average molecular weight is 410 g/mol. The van der Waals surface area contributed by atoms with Crippen LogP contribution < -0.4 is 5.32 Å². The van der Waals surface area contributed by atoms with Gasteiger partial charge in [0.2, 0.25) is 5.91 Å². The average Bonchev–Trinajstić information content (AvgIpc) is 3.15. The summed E-state index contributed by atoms with van der Waals surface area (Å²) in [6.07, 6.45) is 2.50. The van der Waals surface area contributed by atoms with Gasteiger partial charge in [-0.3, -0.25) is 9.69 Å². The second-order valence-electron chi connectivity index (χ2n) is 7.80. The van der Waals surface area contributed by atoms with Crippen LogP contribution >= 0.6 is 0 Å². The molecule has 156 valence electrons. The predicted molar refractivity (Wildman–Crippen MR) is 111 cm³/mol. The molecule has 2 aromatic carbocycles. The Balaban J connectivity index is 1.70. The number of anilines is 1. The van der Waals surface area contributed by atoms with Crippen LogP contribution in [0.5, 0.6) is 0 Å². The highest BCUT2D eigenvalue weighted by atomic mass is 19.1. The molecule has 0 aliphatic carbocycles. The van der Waals surface area contributed by atoms with E-state index in [0.29, 0.717) is 13.1 Å². The maximum Gasteiger partial charge on any atom is 0.248 e. The number of amides is 1. The lowest BCUT2D eigenvalue weighted by molar-refractivity contribution is -0.122. The summed E-state index contributed by atoms with van der Waals surface area (Å²) in [5.74, 6) is -1.85. The monoisotopic (exact) mass is 410 g/mol. The fourth-order valence-electron chi connectivity index (χ4n) is 3.93. The first-order valence-electron chi connectivity index (χ1n) is 10.0. The van der Waals surface area contributed by atoms with Crippen molar-refractivity contribution >= 4 is 11.6 Å². The minimum atomic E-state index is -0.800. The van der Waals surface area contributed by atoms with Gasteiger partial charge in [0.1, 0.15) is 17.7 Å². The third kappa shape index (κ3) is 3.98. The van der Waals surface area contributed by atoms with Crippen molar-refractivity contribution in [2.75, 3.05) is 11.9 Å². The van der Waals surface area contributed by atoms with Gasteiger partial charge in [-0.05, 0) is 31.5 Å². The van der Waals surface area contributed by atoms with E-state index in [2.05, 4.69) is 15.2 Å². The van der Waals surface area contributed by atoms with Gasteiger partial charge in [0, 0.05) is 31.6 Å². The number of carbonyl (C=O) groups is 1. The van der Waals surface area contributed by atoms with E-state index in [9.17, 15) is 13.6 Å². The van der Waals surface area contributed by atoms with Crippen LogP contribution in [0.4, 0.5) is 14.5 Å². The molecule has 30 heavy (non-hydrogen) atoms. The van der Waals surface area contributed by atoms with Crippen molar-refractivity contribution in [3.8, 4) is 0 Å². The normalized spacial score (nSPS) is 16.5. The number of hydrogen-bond acceptors (Lipinski definition) is 3. The van der Waals surface area contributed by atoms with Crippen LogP contribution in [0.3, 0.4) is 0 Å². The Bertz CT molecular complexity index is 1050. The topological polar surface area (TPSA) is 50.2 Å². The minimum absolute atomic E-state index is 0.0382. The van der Waals surface area contributed by atoms with Crippen molar-refractivity contribution in [3.05, 3.63) is 83.4 Å². The first-order chi connectivity index (χ1) is 14.4. The van der Waals surface area contributed by atoms with Crippen molar-refractivity contribution in [2.24, 2.45) is 0 Å². The molecule has 0 bridgehead atoms. The van der Waals surface area contributed by atoms with Crippen molar-refractivity contribution < 1.29 is 13.6 Å². The second kappa shape index (κ2) is 8.36. The molecule has 0 radical (unpaired) electrons. The number of halogens is 2. The largest absolute Gasteiger partial charge is 0.330 e. The zero-order valence-electron chi connectivity index (χ0n) is 17.0. The van der Waals surface area contributed by atoms with E-state index < -0.39 is 17.7 Å². The lowest BCUT2D eigenvalue weighted by Crippen LogP contribution is -2.43. The van der Waals surface area contributed by atoms with Crippen LogP contribution in [0.2, 0.25) is 0 Å². The lowest BCUT2D eigenvalue weighted by atomic mass is 9.99. The summed E-state index contributed by atoms with van der Waals surface area (Å²) < 4.78 is 29.4. The van der Waals surface area contributed by atoms with Crippen LogP contribution in [-0.4, -0.2) is 26.9 Å². The summed E-state index contributed by atoms with van der Waals surface area (Å²) >= 11 is 0. The molecule has 5 nitrogen and oxygen atoms in total. The summed E-state index contributed by atoms with van der Waals surface area (Å²) in [4.78, 5) is 20.0. The standard InChI is InChI=1S/C23H24F2N4O/c1-15(2)29-14-26-20-10-11-28(13-16-6-4-3-5-7-16)22(21(20)29)23(30)27-19-9-8-17(24)12-18(19)25/h3-9,12,14-15,22H,10-11,13H2,1-2H3,(H,27,30)/t22-/m1/s1. The fraction of sp³-hybridized carbons (Fsp3) is 0.304. The highest BCUT2D eigenvalue weighted by Gasteiger charge is 2.37. The number of hydrogen-bond donors (Lipinski definition) is 1. The maximum atomic E-state index is 14.2. The quantitative estimate of drug-likeness (QED) is 0.675. The fourth-order valence-corrected chi connectivity index (χ4v) is 3.93. The molecule has 1 aliphatic heterocycles. The number of benzene rings is 2. The molecule has 7 heteroatoms. The van der Waals surface area contributed by atoms with Gasteiger partial charge < -0.3 is 9.88 Å². The maximum absolute atomic E-state index is 14.2. The Morgan fingerprint density at radius 1 is 1.20 bits per heavy atom. The SMILES string of the molecule is CC(C)n1cnc2c1[C@H](C(=O)Nc1ccc(F)cc1F)N(Cc1ccccc1)CC2. The van der Waals surface area contributed by atoms with E-state index in [1.807, 2.05) is 48.7 Å². The third-order valence-corrected chi connectivity index (χ3v) is 5.39. The molecule has 1 aromatic heterocycles. The number of imidazole rings is 1. The zero-order chi connectivity index (χ0) is 21.3. The first-order valence-corrected chi connectivity index (χ1v) is 10.0. The van der Waals surface area contributed by atoms with Crippen LogP contribution in [0, 0.1) is 11.6 Å². The van der Waals surface area contributed by atoms with Gasteiger partial charge >= 0.3 is 0 Å². The predicted octanol–water partition coefficient (Wildman–Crippen LogP) is 4.48. The van der Waals surface area contributed by atoms with E-state index in [-0.39, 0.29) is 17.6 Å². The molecule has 4 rings (SSSR count). The van der Waals surface area contributed by atoms with Crippen LogP contribution in [0.1, 0.15) is 42.9 Å². The molecular formula is C23H24F2N4O. The van der Waals surface area contributed by atoms with E-state index in [1.165, 1.54) is 6.07 Å². The van der Waals surface area contributed by atoms with Crippen molar-refractivity contribution in [1.29, 1.82) is 0 Å². The Hall–Kier alpha value is -3.06. The molecule has 1 atom stereocenters. The molecule has 3 aromatic rings. The molecule has 1 N–H and O–H groups in total. The molecule has 0 saturated carbocycles. The summed E-state index contributed by atoms with van der Waals surface area (Å²) in [5, 5.41) is 2.66. The molecule has 1 aliphatic rings. The van der Waals surface area contributed by atoms with Gasteiger partial charge in [0.25, 0.3) is 0 Å². The van der Waals surface area contributed by atoms with Gasteiger partial charge in [-0.25, -0.2) is 13.8 Å². The zero-order valence-corrected chi connectivity index (χ0v) is 17.0. The summed E-state index contributed by atoms with van der Waals surface area (Å²) in [6.45, 7) is 5.30. The number of carbonyl (C=O) groups excluding carboxylic acids is 1. The van der Waals surface area contributed by atoms with Gasteiger partial charge in [0.05, 0.1) is 23.4 Å². The lowest BCUT2D eigenvalue weighted by Gasteiger charge is -2.36.